The van der Waals surface area contributed by atoms with Crippen LogP contribution in [0, 0.1) is 0 Å². The Morgan fingerprint density at radius 1 is 0.366 bits per heavy atom. The number of carbonyl (C=O) groups is 2. The molecular weight excluding hydrogens is 519 g/mol. The molecule has 0 atom stereocenters. The molecule has 0 aliphatic heterocycles. The summed E-state index contributed by atoms with van der Waals surface area (Å²) < 4.78 is 10.6. The molecule has 0 spiro atoms. The topological polar surface area (TPSA) is 52.6 Å². The van der Waals surface area contributed by atoms with Gasteiger partial charge in [0.25, 0.3) is 0 Å². The number of hydrogen-bond donors (Lipinski definition) is 0. The van der Waals surface area contributed by atoms with E-state index >= 15 is 0 Å². The number of carbonyl (C=O) groups excluding carboxylic acids is 2. The van der Waals surface area contributed by atoms with Crippen molar-refractivity contribution < 1.29 is 50.0 Å². The van der Waals surface area contributed by atoms with Crippen LogP contribution in [0.3, 0.4) is 0 Å². The van der Waals surface area contributed by atoms with E-state index in [0.717, 1.165) is 25.7 Å². The van der Waals surface area contributed by atoms with E-state index in [4.69, 9.17) is 9.47 Å². The zero-order valence-corrected chi connectivity index (χ0v) is 30.3. The van der Waals surface area contributed by atoms with Gasteiger partial charge in [-0.25, -0.2) is 0 Å². The summed E-state index contributed by atoms with van der Waals surface area (Å²) in [6.07, 6.45) is 37.1. The van der Waals surface area contributed by atoms with Crippen molar-refractivity contribution in [2.24, 2.45) is 0 Å². The maximum absolute atomic E-state index is 11.9. The molecule has 0 N–H and O–H groups in total. The molecule has 0 amide bonds. The van der Waals surface area contributed by atoms with Crippen LogP contribution in [-0.2, 0) is 19.1 Å². The van der Waals surface area contributed by atoms with E-state index in [2.05, 4.69) is 13.8 Å². The van der Waals surface area contributed by atoms with E-state index in [1.54, 1.807) is 0 Å². The quantitative estimate of drug-likeness (QED) is 0.0435. The second-order valence-corrected chi connectivity index (χ2v) is 12.1. The summed E-state index contributed by atoms with van der Waals surface area (Å²) in [6, 6.07) is 0. The standard InChI is InChI=1S/C36H70O4.Na.H/c1-3-5-7-9-11-13-15-17-19-21-23-25-27-29-33-39-35(37)31-32-36(38)40-34-30-28-26-24-22-20-18-16-14-12-10-8-6-4-2;;/h3-34H2,1-2H3;;/q;+1;-1. The molecule has 0 saturated heterocycles. The number of esters is 2. The molecule has 0 saturated carbocycles. The first kappa shape index (κ1) is 43.1. The monoisotopic (exact) mass is 591 g/mol. The Labute approximate surface area is 280 Å². The average Bonchev–Trinajstić information content (AvgIpc) is 2.96. The second kappa shape index (κ2) is 38.0. The zero-order chi connectivity index (χ0) is 29.2. The Balaban J connectivity index is -0.00000760. The van der Waals surface area contributed by atoms with Crippen LogP contribution in [0.15, 0.2) is 0 Å². The summed E-state index contributed by atoms with van der Waals surface area (Å²) in [5.41, 5.74) is 0. The zero-order valence-electron chi connectivity index (χ0n) is 29.3. The Hall–Kier alpha value is -0.0600. The normalized spacial score (nSPS) is 10.9. The maximum Gasteiger partial charge on any atom is 1.00 e. The fourth-order valence-electron chi connectivity index (χ4n) is 5.31. The molecule has 0 aromatic carbocycles. The number of ether oxygens (including phenoxy) is 2. The number of unbranched alkanes of at least 4 members (excludes halogenated alkanes) is 26. The SMILES string of the molecule is CCCCCCCCCCCCCCCCOC(=O)CCC(=O)OCCCCCCCCCCCCCCCC.[H-].[Na+]. The Bertz CT molecular complexity index is 487. The molecule has 0 aromatic rings. The van der Waals surface area contributed by atoms with Gasteiger partial charge in [-0.2, -0.15) is 0 Å². The first-order chi connectivity index (χ1) is 19.7. The van der Waals surface area contributed by atoms with E-state index in [1.807, 2.05) is 0 Å². The molecule has 0 aliphatic carbocycles. The summed E-state index contributed by atoms with van der Waals surface area (Å²) in [5.74, 6) is -0.550. The molecule has 5 heteroatoms. The third-order valence-electron chi connectivity index (χ3n) is 8.06. The maximum atomic E-state index is 11.9. The van der Waals surface area contributed by atoms with Gasteiger partial charge in [0.2, 0.25) is 0 Å². The molecule has 0 radical (unpaired) electrons. The van der Waals surface area contributed by atoms with Gasteiger partial charge in [0.1, 0.15) is 0 Å². The van der Waals surface area contributed by atoms with Crippen molar-refractivity contribution in [3.05, 3.63) is 0 Å². The second-order valence-electron chi connectivity index (χ2n) is 12.1. The van der Waals surface area contributed by atoms with Gasteiger partial charge in [0.05, 0.1) is 26.1 Å². The van der Waals surface area contributed by atoms with Crippen LogP contribution in [0.5, 0.6) is 0 Å². The van der Waals surface area contributed by atoms with E-state index in [1.165, 1.54) is 154 Å². The minimum Gasteiger partial charge on any atom is -1.00 e. The van der Waals surface area contributed by atoms with E-state index < -0.39 is 0 Å². The molecule has 240 valence electrons. The minimum absolute atomic E-state index is 0. The van der Waals surface area contributed by atoms with Crippen LogP contribution >= 0.6 is 0 Å². The number of rotatable bonds is 33. The molecular formula is C36H71NaO4. The molecule has 41 heavy (non-hydrogen) atoms. The molecule has 0 rings (SSSR count). The van der Waals surface area contributed by atoms with Crippen molar-refractivity contribution in [2.75, 3.05) is 13.2 Å². The predicted molar refractivity (Wildman–Crippen MR) is 173 cm³/mol. The van der Waals surface area contributed by atoms with E-state index in [-0.39, 0.29) is 55.8 Å². The van der Waals surface area contributed by atoms with Crippen molar-refractivity contribution in [3.8, 4) is 0 Å². The minimum atomic E-state index is -0.275. The van der Waals surface area contributed by atoms with Gasteiger partial charge in [-0.05, 0) is 12.8 Å². The van der Waals surface area contributed by atoms with Gasteiger partial charge in [-0.15, -0.1) is 0 Å². The van der Waals surface area contributed by atoms with Crippen molar-refractivity contribution in [2.45, 2.75) is 206 Å². The van der Waals surface area contributed by atoms with Crippen LogP contribution in [-0.4, -0.2) is 25.2 Å². The van der Waals surface area contributed by atoms with E-state index in [9.17, 15) is 9.59 Å². The van der Waals surface area contributed by atoms with E-state index in [0.29, 0.717) is 13.2 Å². The Kier molecular flexibility index (Phi) is 39.9. The van der Waals surface area contributed by atoms with Gasteiger partial charge < -0.3 is 10.9 Å². The molecule has 0 aliphatic rings. The smallest absolute Gasteiger partial charge is 1.00 e. The van der Waals surface area contributed by atoms with Crippen LogP contribution < -0.4 is 29.6 Å². The fraction of sp³-hybridized carbons (Fsp3) is 0.944. The van der Waals surface area contributed by atoms with Gasteiger partial charge >= 0.3 is 41.5 Å². The van der Waals surface area contributed by atoms with Gasteiger partial charge in [0.15, 0.2) is 0 Å². The summed E-state index contributed by atoms with van der Waals surface area (Å²) in [4.78, 5) is 23.7. The Morgan fingerprint density at radius 2 is 0.561 bits per heavy atom. The number of hydrogen-bond acceptors (Lipinski definition) is 4. The summed E-state index contributed by atoms with van der Waals surface area (Å²) >= 11 is 0. The third-order valence-corrected chi connectivity index (χ3v) is 8.06. The van der Waals surface area contributed by atoms with Gasteiger partial charge in [-0.3, -0.25) is 9.59 Å². The van der Waals surface area contributed by atoms with Crippen molar-refractivity contribution in [1.29, 1.82) is 0 Å². The molecule has 0 aromatic heterocycles. The van der Waals surface area contributed by atoms with Crippen LogP contribution in [0.25, 0.3) is 0 Å². The summed E-state index contributed by atoms with van der Waals surface area (Å²) in [6.45, 7) is 5.50. The van der Waals surface area contributed by atoms with Gasteiger partial charge in [0, 0.05) is 0 Å². The Morgan fingerprint density at radius 3 is 0.780 bits per heavy atom. The largest absolute Gasteiger partial charge is 1.00 e. The van der Waals surface area contributed by atoms with Gasteiger partial charge in [-0.1, -0.05) is 181 Å². The first-order valence-corrected chi connectivity index (χ1v) is 18.0. The molecule has 0 unspecified atom stereocenters. The molecule has 0 heterocycles. The van der Waals surface area contributed by atoms with Crippen molar-refractivity contribution in [3.63, 3.8) is 0 Å². The third kappa shape index (κ3) is 37.9. The van der Waals surface area contributed by atoms with Crippen molar-refractivity contribution in [1.82, 2.24) is 0 Å². The van der Waals surface area contributed by atoms with Crippen LogP contribution in [0.2, 0.25) is 0 Å². The van der Waals surface area contributed by atoms with Crippen LogP contribution in [0.4, 0.5) is 0 Å². The molecule has 0 fully saturated rings. The summed E-state index contributed by atoms with van der Waals surface area (Å²) in [7, 11) is 0. The molecule has 0 bridgehead atoms. The predicted octanol–water partition coefficient (Wildman–Crippen LogP) is 8.93. The molecule has 4 nitrogen and oxygen atoms in total. The first-order valence-electron chi connectivity index (χ1n) is 18.0. The summed E-state index contributed by atoms with van der Waals surface area (Å²) in [5, 5.41) is 0. The van der Waals surface area contributed by atoms with Crippen LogP contribution in [0.1, 0.15) is 208 Å². The fourth-order valence-corrected chi connectivity index (χ4v) is 5.31. The van der Waals surface area contributed by atoms with Crippen molar-refractivity contribution >= 4 is 11.9 Å². The average molecular weight is 591 g/mol.